The first-order chi connectivity index (χ1) is 14.3. The van der Waals surface area contributed by atoms with Gasteiger partial charge in [-0.1, -0.05) is 18.2 Å². The van der Waals surface area contributed by atoms with Crippen LogP contribution in [0.25, 0.3) is 10.9 Å². The number of fused-ring (bicyclic) bond motifs is 1. The molecule has 0 aliphatic carbocycles. The molecule has 0 spiro atoms. The summed E-state index contributed by atoms with van der Waals surface area (Å²) in [7, 11) is 4.10. The van der Waals surface area contributed by atoms with E-state index in [9.17, 15) is 18.4 Å². The number of amides is 1. The highest BCUT2D eigenvalue weighted by Gasteiger charge is 2.24. The van der Waals surface area contributed by atoms with Gasteiger partial charge in [0, 0.05) is 30.1 Å². The SMILES string of the molecule is COC(=O)c1cc(OC)c(OC(F)F)cc1NC(=O)c1c(Br)c2ccccc2n1C. The summed E-state index contributed by atoms with van der Waals surface area (Å²) in [5.74, 6) is -1.81. The molecule has 1 heterocycles. The summed E-state index contributed by atoms with van der Waals surface area (Å²) >= 11 is 3.43. The number of aromatic nitrogens is 1. The third kappa shape index (κ3) is 3.95. The maximum Gasteiger partial charge on any atom is 0.387 e. The van der Waals surface area contributed by atoms with Crippen LogP contribution in [0, 0.1) is 0 Å². The molecule has 0 radical (unpaired) electrons. The molecule has 0 saturated heterocycles. The average molecular weight is 483 g/mol. The Balaban J connectivity index is 2.09. The van der Waals surface area contributed by atoms with Crippen molar-refractivity contribution in [2.24, 2.45) is 7.05 Å². The zero-order chi connectivity index (χ0) is 22.0. The molecule has 0 aliphatic rings. The molecule has 1 aromatic heterocycles. The molecule has 0 atom stereocenters. The summed E-state index contributed by atoms with van der Waals surface area (Å²) in [6.45, 7) is -3.13. The van der Waals surface area contributed by atoms with E-state index in [4.69, 9.17) is 9.47 Å². The quantitative estimate of drug-likeness (QED) is 0.519. The first-order valence-corrected chi connectivity index (χ1v) is 9.37. The van der Waals surface area contributed by atoms with Gasteiger partial charge in [-0.3, -0.25) is 4.79 Å². The zero-order valence-corrected chi connectivity index (χ0v) is 17.7. The molecule has 3 aromatic rings. The van der Waals surface area contributed by atoms with Gasteiger partial charge in [-0.15, -0.1) is 0 Å². The van der Waals surface area contributed by atoms with E-state index in [-0.39, 0.29) is 28.4 Å². The topological polar surface area (TPSA) is 78.8 Å². The van der Waals surface area contributed by atoms with Crippen molar-refractivity contribution in [2.75, 3.05) is 19.5 Å². The lowest BCUT2D eigenvalue weighted by Crippen LogP contribution is -2.19. The lowest BCUT2D eigenvalue weighted by molar-refractivity contribution is -0.0511. The van der Waals surface area contributed by atoms with Gasteiger partial charge >= 0.3 is 12.6 Å². The number of carbonyl (C=O) groups is 2. The maximum absolute atomic E-state index is 13.0. The summed E-state index contributed by atoms with van der Waals surface area (Å²) in [5, 5.41) is 3.39. The molecule has 2 aromatic carbocycles. The number of methoxy groups -OCH3 is 2. The number of para-hydroxylation sites is 1. The predicted octanol–water partition coefficient (Wildman–Crippen LogP) is 4.59. The number of esters is 1. The number of hydrogen-bond donors (Lipinski definition) is 1. The van der Waals surface area contributed by atoms with Gasteiger partial charge in [0.25, 0.3) is 5.91 Å². The largest absolute Gasteiger partial charge is 0.493 e. The molecule has 10 heteroatoms. The summed E-state index contributed by atoms with van der Waals surface area (Å²) in [6, 6.07) is 9.61. The highest BCUT2D eigenvalue weighted by molar-refractivity contribution is 9.10. The van der Waals surface area contributed by atoms with Crippen molar-refractivity contribution >= 4 is 44.4 Å². The fraction of sp³-hybridized carbons (Fsp3) is 0.200. The third-order valence-electron chi connectivity index (χ3n) is 4.43. The average Bonchev–Trinajstić information content (AvgIpc) is 2.98. The fourth-order valence-electron chi connectivity index (χ4n) is 3.07. The van der Waals surface area contributed by atoms with Crippen LogP contribution >= 0.6 is 15.9 Å². The van der Waals surface area contributed by atoms with Crippen molar-refractivity contribution in [1.29, 1.82) is 0 Å². The summed E-state index contributed by atoms with van der Waals surface area (Å²) in [5.41, 5.74) is 0.929. The Morgan fingerprint density at radius 1 is 1.13 bits per heavy atom. The van der Waals surface area contributed by atoms with Gasteiger partial charge < -0.3 is 24.1 Å². The van der Waals surface area contributed by atoms with Crippen molar-refractivity contribution in [3.8, 4) is 11.5 Å². The first kappa shape index (κ1) is 21.6. The molecular weight excluding hydrogens is 466 g/mol. The number of nitrogens with one attached hydrogen (secondary N) is 1. The smallest absolute Gasteiger partial charge is 0.387 e. The van der Waals surface area contributed by atoms with Gasteiger partial charge in [0.2, 0.25) is 0 Å². The van der Waals surface area contributed by atoms with E-state index < -0.39 is 18.5 Å². The Kier molecular flexibility index (Phi) is 6.25. The number of halogens is 3. The number of carbonyl (C=O) groups excluding carboxylic acids is 2. The zero-order valence-electron chi connectivity index (χ0n) is 16.2. The van der Waals surface area contributed by atoms with E-state index in [0.717, 1.165) is 30.1 Å². The van der Waals surface area contributed by atoms with E-state index in [1.54, 1.807) is 11.6 Å². The molecular formula is C20H17BrF2N2O5. The Hall–Kier alpha value is -3.14. The molecule has 158 valence electrons. The van der Waals surface area contributed by atoms with E-state index in [0.29, 0.717) is 4.47 Å². The molecule has 0 aliphatic heterocycles. The molecule has 0 unspecified atom stereocenters. The van der Waals surface area contributed by atoms with Crippen LogP contribution in [0.5, 0.6) is 11.5 Å². The van der Waals surface area contributed by atoms with Gasteiger partial charge in [-0.2, -0.15) is 8.78 Å². The molecule has 1 amide bonds. The van der Waals surface area contributed by atoms with Gasteiger partial charge in [-0.25, -0.2) is 4.79 Å². The van der Waals surface area contributed by atoms with Gasteiger partial charge in [0.05, 0.1) is 29.9 Å². The highest BCUT2D eigenvalue weighted by Crippen LogP contribution is 2.36. The molecule has 30 heavy (non-hydrogen) atoms. The van der Waals surface area contributed by atoms with Crippen molar-refractivity contribution in [2.45, 2.75) is 6.61 Å². The Morgan fingerprint density at radius 2 is 1.83 bits per heavy atom. The highest BCUT2D eigenvalue weighted by atomic mass is 79.9. The van der Waals surface area contributed by atoms with Crippen LogP contribution in [0.2, 0.25) is 0 Å². The second-order valence-corrected chi connectivity index (χ2v) is 6.90. The van der Waals surface area contributed by atoms with Crippen LogP contribution < -0.4 is 14.8 Å². The van der Waals surface area contributed by atoms with Crippen molar-refractivity contribution < 1.29 is 32.6 Å². The van der Waals surface area contributed by atoms with Crippen LogP contribution in [0.15, 0.2) is 40.9 Å². The van der Waals surface area contributed by atoms with Gasteiger partial charge in [0.15, 0.2) is 11.5 Å². The van der Waals surface area contributed by atoms with Crippen LogP contribution in [-0.4, -0.2) is 37.3 Å². The fourth-order valence-corrected chi connectivity index (χ4v) is 3.85. The minimum absolute atomic E-state index is 0.0690. The van der Waals surface area contributed by atoms with Crippen LogP contribution in [0.1, 0.15) is 20.8 Å². The van der Waals surface area contributed by atoms with Crippen molar-refractivity contribution in [1.82, 2.24) is 4.57 Å². The number of aryl methyl sites for hydroxylation is 1. The number of alkyl halides is 2. The number of ether oxygens (including phenoxy) is 3. The maximum atomic E-state index is 13.0. The second-order valence-electron chi connectivity index (χ2n) is 6.11. The van der Waals surface area contributed by atoms with Crippen molar-refractivity contribution in [3.05, 3.63) is 52.1 Å². The Labute approximate surface area is 178 Å². The Morgan fingerprint density at radius 3 is 2.43 bits per heavy atom. The van der Waals surface area contributed by atoms with E-state index in [1.807, 2.05) is 24.3 Å². The second kappa shape index (κ2) is 8.70. The normalized spacial score (nSPS) is 10.9. The molecule has 1 N–H and O–H groups in total. The van der Waals surface area contributed by atoms with Crippen molar-refractivity contribution in [3.63, 3.8) is 0 Å². The standard InChI is InChI=1S/C20H17BrF2N2O5/c1-25-13-7-5-4-6-10(13)16(21)17(25)18(26)24-12-9-15(30-20(22)23)14(28-2)8-11(12)19(27)29-3/h4-9,20H,1-3H3,(H,24,26). The van der Waals surface area contributed by atoms with E-state index in [1.165, 1.54) is 7.11 Å². The molecule has 3 rings (SSSR count). The predicted molar refractivity (Wildman–Crippen MR) is 110 cm³/mol. The minimum Gasteiger partial charge on any atom is -0.493 e. The number of rotatable bonds is 6. The first-order valence-electron chi connectivity index (χ1n) is 8.57. The summed E-state index contributed by atoms with van der Waals surface area (Å²) in [6.07, 6.45) is 0. The molecule has 0 bridgehead atoms. The lowest BCUT2D eigenvalue weighted by Gasteiger charge is -2.16. The van der Waals surface area contributed by atoms with E-state index in [2.05, 4.69) is 26.0 Å². The minimum atomic E-state index is -3.13. The van der Waals surface area contributed by atoms with Gasteiger partial charge in [-0.05, 0) is 22.0 Å². The third-order valence-corrected chi connectivity index (χ3v) is 5.24. The number of nitrogens with zero attached hydrogens (tertiary/aromatic N) is 1. The molecule has 7 nitrogen and oxygen atoms in total. The number of anilines is 1. The molecule has 0 fully saturated rings. The van der Waals surface area contributed by atoms with Crippen LogP contribution in [0.4, 0.5) is 14.5 Å². The summed E-state index contributed by atoms with van der Waals surface area (Å²) < 4.78 is 42.0. The van der Waals surface area contributed by atoms with Crippen LogP contribution in [-0.2, 0) is 11.8 Å². The van der Waals surface area contributed by atoms with Gasteiger partial charge in [0.1, 0.15) is 5.69 Å². The Bertz CT molecular complexity index is 1090. The monoisotopic (exact) mass is 482 g/mol. The number of hydrogen-bond acceptors (Lipinski definition) is 5. The summed E-state index contributed by atoms with van der Waals surface area (Å²) in [4.78, 5) is 25.2. The van der Waals surface area contributed by atoms with E-state index >= 15 is 0 Å². The lowest BCUT2D eigenvalue weighted by atomic mass is 10.1. The molecule has 0 saturated carbocycles. The number of benzene rings is 2. The van der Waals surface area contributed by atoms with Crippen LogP contribution in [0.3, 0.4) is 0 Å².